The second kappa shape index (κ2) is 8.31. The molecule has 1 aromatic carbocycles. The highest BCUT2D eigenvalue weighted by Crippen LogP contribution is 2.29. The Kier molecular flexibility index (Phi) is 5.58. The Morgan fingerprint density at radius 1 is 1.03 bits per heavy atom. The van der Waals surface area contributed by atoms with Gasteiger partial charge in [-0.1, -0.05) is 30.3 Å². The van der Waals surface area contributed by atoms with Gasteiger partial charge in [0.05, 0.1) is 17.6 Å². The molecule has 1 N–H and O–H groups in total. The zero-order valence-electron chi connectivity index (χ0n) is 15.8. The predicted molar refractivity (Wildman–Crippen MR) is 110 cm³/mol. The van der Waals surface area contributed by atoms with Gasteiger partial charge in [-0.2, -0.15) is 13.2 Å². The van der Waals surface area contributed by atoms with Gasteiger partial charge in [0.25, 0.3) is 0 Å². The maximum absolute atomic E-state index is 12.6. The summed E-state index contributed by atoms with van der Waals surface area (Å²) >= 11 is 1.56. The number of aromatic nitrogens is 2. The summed E-state index contributed by atoms with van der Waals surface area (Å²) in [7, 11) is 0. The number of piperazine rings is 1. The summed E-state index contributed by atoms with van der Waals surface area (Å²) in [5, 5.41) is 5.51. The average Bonchev–Trinajstić information content (AvgIpc) is 3.24. The first-order chi connectivity index (χ1) is 14.4. The first kappa shape index (κ1) is 20.1. The van der Waals surface area contributed by atoms with Crippen LogP contribution in [-0.4, -0.2) is 47.1 Å². The van der Waals surface area contributed by atoms with Gasteiger partial charge >= 0.3 is 12.2 Å². The molecule has 6 nitrogen and oxygen atoms in total. The molecule has 0 saturated carbocycles. The van der Waals surface area contributed by atoms with Crippen molar-refractivity contribution in [3.8, 4) is 11.3 Å². The van der Waals surface area contributed by atoms with E-state index < -0.39 is 11.9 Å². The normalized spacial score (nSPS) is 14.6. The van der Waals surface area contributed by atoms with Gasteiger partial charge in [-0.25, -0.2) is 14.8 Å². The first-order valence-corrected chi connectivity index (χ1v) is 10.1. The van der Waals surface area contributed by atoms with Crippen molar-refractivity contribution in [3.05, 3.63) is 59.7 Å². The molecule has 4 rings (SSSR count). The number of benzene rings is 1. The molecular weight excluding hydrogens is 415 g/mol. The molecule has 0 bridgehead atoms. The van der Waals surface area contributed by atoms with Crippen molar-refractivity contribution in [3.63, 3.8) is 0 Å². The summed E-state index contributed by atoms with van der Waals surface area (Å²) in [6.45, 7) is 2.22. The number of carbonyl (C=O) groups excluding carboxylic acids is 1. The number of anilines is 2. The van der Waals surface area contributed by atoms with Gasteiger partial charge in [-0.15, -0.1) is 11.3 Å². The monoisotopic (exact) mass is 433 g/mol. The van der Waals surface area contributed by atoms with E-state index >= 15 is 0 Å². The molecule has 0 unspecified atom stereocenters. The third-order valence-corrected chi connectivity index (χ3v) is 5.61. The lowest BCUT2D eigenvalue weighted by Gasteiger charge is -2.34. The second-order valence-electron chi connectivity index (χ2n) is 6.72. The van der Waals surface area contributed by atoms with Crippen LogP contribution in [-0.2, 0) is 6.18 Å². The van der Waals surface area contributed by atoms with Crippen LogP contribution in [0.15, 0.2) is 54.0 Å². The van der Waals surface area contributed by atoms with E-state index in [-0.39, 0.29) is 11.7 Å². The Labute approximate surface area is 175 Å². The number of thiazole rings is 1. The Bertz CT molecular complexity index is 999. The molecule has 0 aliphatic carbocycles. The molecule has 30 heavy (non-hydrogen) atoms. The number of pyridine rings is 1. The van der Waals surface area contributed by atoms with Gasteiger partial charge < -0.3 is 15.1 Å². The molecule has 1 fully saturated rings. The van der Waals surface area contributed by atoms with Crippen molar-refractivity contribution >= 4 is 28.2 Å². The number of hydrogen-bond donors (Lipinski definition) is 1. The summed E-state index contributed by atoms with van der Waals surface area (Å²) in [4.78, 5) is 24.2. The fourth-order valence-corrected chi connectivity index (χ4v) is 3.98. The number of urea groups is 1. The highest BCUT2D eigenvalue weighted by molar-refractivity contribution is 7.14. The van der Waals surface area contributed by atoms with Gasteiger partial charge in [-0.3, -0.25) is 0 Å². The standard InChI is InChI=1S/C20H18F3N5OS/c21-20(22,23)17-7-6-15(12-24-17)25-18(29)27-8-10-28(11-9-27)19-26-16(13-30-19)14-4-2-1-3-5-14/h1-7,12-13H,8-11H2,(H,25,29). The number of nitrogens with zero attached hydrogens (tertiary/aromatic N) is 4. The maximum Gasteiger partial charge on any atom is 0.433 e. The highest BCUT2D eigenvalue weighted by Gasteiger charge is 2.32. The molecule has 1 saturated heterocycles. The van der Waals surface area contributed by atoms with Crippen molar-refractivity contribution < 1.29 is 18.0 Å². The number of rotatable bonds is 3. The summed E-state index contributed by atoms with van der Waals surface area (Å²) < 4.78 is 37.7. The summed E-state index contributed by atoms with van der Waals surface area (Å²) in [5.41, 5.74) is 1.21. The number of amides is 2. The summed E-state index contributed by atoms with van der Waals surface area (Å²) in [6, 6.07) is 11.6. The molecule has 3 aromatic rings. The molecule has 10 heteroatoms. The molecule has 3 heterocycles. The van der Waals surface area contributed by atoms with Crippen molar-refractivity contribution in [2.24, 2.45) is 0 Å². The third kappa shape index (κ3) is 4.54. The molecule has 2 amide bonds. The molecule has 2 aromatic heterocycles. The highest BCUT2D eigenvalue weighted by atomic mass is 32.1. The number of carbonyl (C=O) groups is 1. The second-order valence-corrected chi connectivity index (χ2v) is 7.55. The van der Waals surface area contributed by atoms with E-state index in [1.165, 1.54) is 6.07 Å². The van der Waals surface area contributed by atoms with Crippen LogP contribution in [0.4, 0.5) is 28.8 Å². The van der Waals surface area contributed by atoms with E-state index in [1.54, 1.807) is 16.2 Å². The fraction of sp³-hybridized carbons (Fsp3) is 0.250. The predicted octanol–water partition coefficient (Wildman–Crippen LogP) is 4.58. The SMILES string of the molecule is O=C(Nc1ccc(C(F)(F)F)nc1)N1CCN(c2nc(-c3ccccc3)cs2)CC1. The Morgan fingerprint density at radius 2 is 1.77 bits per heavy atom. The zero-order valence-corrected chi connectivity index (χ0v) is 16.6. The largest absolute Gasteiger partial charge is 0.433 e. The van der Waals surface area contributed by atoms with Crippen LogP contribution in [0.25, 0.3) is 11.3 Å². The number of alkyl halides is 3. The van der Waals surface area contributed by atoms with Crippen LogP contribution in [0.3, 0.4) is 0 Å². The van der Waals surface area contributed by atoms with E-state index in [2.05, 4.69) is 15.2 Å². The summed E-state index contributed by atoms with van der Waals surface area (Å²) in [6.07, 6.45) is -3.49. The van der Waals surface area contributed by atoms with Crippen LogP contribution in [0.1, 0.15) is 5.69 Å². The van der Waals surface area contributed by atoms with E-state index in [0.29, 0.717) is 26.2 Å². The third-order valence-electron chi connectivity index (χ3n) is 4.70. The quantitative estimate of drug-likeness (QED) is 0.657. The minimum atomic E-state index is -4.50. The number of hydrogen-bond acceptors (Lipinski definition) is 5. The maximum atomic E-state index is 12.6. The topological polar surface area (TPSA) is 61.4 Å². The molecule has 156 valence electrons. The van der Waals surface area contributed by atoms with Gasteiger partial charge in [-0.05, 0) is 12.1 Å². The Morgan fingerprint density at radius 3 is 2.40 bits per heavy atom. The lowest BCUT2D eigenvalue weighted by atomic mass is 10.2. The number of halogens is 3. The lowest BCUT2D eigenvalue weighted by Crippen LogP contribution is -2.50. The van der Waals surface area contributed by atoms with Gasteiger partial charge in [0, 0.05) is 37.1 Å². The molecule has 0 spiro atoms. The minimum absolute atomic E-state index is 0.225. The molecule has 0 atom stereocenters. The fourth-order valence-electron chi connectivity index (χ4n) is 3.09. The van der Waals surface area contributed by atoms with Gasteiger partial charge in [0.1, 0.15) is 5.69 Å². The van der Waals surface area contributed by atoms with E-state index in [1.807, 2.05) is 35.7 Å². The Hall–Kier alpha value is -3.14. The first-order valence-electron chi connectivity index (χ1n) is 9.25. The van der Waals surface area contributed by atoms with Crippen LogP contribution >= 0.6 is 11.3 Å². The van der Waals surface area contributed by atoms with E-state index in [9.17, 15) is 18.0 Å². The van der Waals surface area contributed by atoms with Crippen LogP contribution < -0.4 is 10.2 Å². The van der Waals surface area contributed by atoms with Crippen LogP contribution in [0.2, 0.25) is 0 Å². The van der Waals surface area contributed by atoms with Crippen molar-refractivity contribution in [1.82, 2.24) is 14.9 Å². The summed E-state index contributed by atoms with van der Waals surface area (Å²) in [5.74, 6) is 0. The van der Waals surface area contributed by atoms with Crippen molar-refractivity contribution in [2.45, 2.75) is 6.18 Å². The molecule has 1 aliphatic heterocycles. The average molecular weight is 433 g/mol. The molecule has 0 radical (unpaired) electrons. The van der Waals surface area contributed by atoms with Crippen LogP contribution in [0.5, 0.6) is 0 Å². The van der Waals surface area contributed by atoms with E-state index in [0.717, 1.165) is 28.7 Å². The van der Waals surface area contributed by atoms with Crippen molar-refractivity contribution in [1.29, 1.82) is 0 Å². The van der Waals surface area contributed by atoms with Gasteiger partial charge in [0.15, 0.2) is 5.13 Å². The molecule has 1 aliphatic rings. The minimum Gasteiger partial charge on any atom is -0.345 e. The van der Waals surface area contributed by atoms with Crippen LogP contribution in [0, 0.1) is 0 Å². The van der Waals surface area contributed by atoms with E-state index in [4.69, 9.17) is 4.98 Å². The zero-order chi connectivity index (χ0) is 21.1. The molecular formula is C20H18F3N5OS. The number of nitrogens with one attached hydrogen (secondary N) is 1. The lowest BCUT2D eigenvalue weighted by molar-refractivity contribution is -0.141. The smallest absolute Gasteiger partial charge is 0.345 e. The van der Waals surface area contributed by atoms with Crippen molar-refractivity contribution in [2.75, 3.05) is 36.4 Å². The van der Waals surface area contributed by atoms with Gasteiger partial charge in [0.2, 0.25) is 0 Å². The Balaban J connectivity index is 1.32.